The molecule has 2 aromatic rings. The van der Waals surface area contributed by atoms with Crippen LogP contribution in [0.15, 0.2) is 22.9 Å². The van der Waals surface area contributed by atoms with E-state index >= 15 is 0 Å². The zero-order valence-corrected chi connectivity index (χ0v) is 9.98. The first-order valence-corrected chi connectivity index (χ1v) is 5.11. The van der Waals surface area contributed by atoms with E-state index < -0.39 is 0 Å². The first kappa shape index (κ1) is 11.3. The highest BCUT2D eigenvalue weighted by atomic mass is 16.5. The van der Waals surface area contributed by atoms with E-state index in [1.165, 1.54) is 0 Å². The van der Waals surface area contributed by atoms with Crippen molar-refractivity contribution in [2.45, 2.75) is 6.92 Å². The van der Waals surface area contributed by atoms with Crippen LogP contribution in [0.1, 0.15) is 5.56 Å². The molecule has 0 aliphatic carbocycles. The van der Waals surface area contributed by atoms with Crippen LogP contribution in [0.3, 0.4) is 0 Å². The van der Waals surface area contributed by atoms with Crippen molar-refractivity contribution in [1.29, 1.82) is 0 Å². The van der Waals surface area contributed by atoms with Gasteiger partial charge in [-0.05, 0) is 18.6 Å². The molecule has 0 atom stereocenters. The smallest absolute Gasteiger partial charge is 0.230 e. The normalized spacial score (nSPS) is 10.3. The summed E-state index contributed by atoms with van der Waals surface area (Å²) in [7, 11) is 3.20. The Morgan fingerprint density at radius 2 is 2.00 bits per heavy atom. The quantitative estimate of drug-likeness (QED) is 0.881. The third-order valence-electron chi connectivity index (χ3n) is 2.61. The molecule has 1 aromatic heterocycles. The summed E-state index contributed by atoms with van der Waals surface area (Å²) in [5, 5.41) is 3.67. The molecular weight excluding hydrogens is 220 g/mol. The summed E-state index contributed by atoms with van der Waals surface area (Å²) in [4.78, 5) is 0. The number of aromatic nitrogens is 1. The fourth-order valence-corrected chi connectivity index (χ4v) is 1.79. The number of nitrogen functional groups attached to an aromatic ring is 1. The predicted octanol–water partition coefficient (Wildman–Crippen LogP) is 2.25. The first-order chi connectivity index (χ1) is 8.19. The predicted molar refractivity (Wildman–Crippen MR) is 64.2 cm³/mol. The van der Waals surface area contributed by atoms with Crippen LogP contribution in [0.25, 0.3) is 11.1 Å². The fraction of sp³-hybridized carbons (Fsp3) is 0.250. The number of nitrogens with zero attached hydrogens (tertiary/aromatic N) is 1. The molecule has 0 aliphatic rings. The van der Waals surface area contributed by atoms with Gasteiger partial charge in [-0.25, -0.2) is 0 Å². The molecule has 0 unspecified atom stereocenters. The summed E-state index contributed by atoms with van der Waals surface area (Å²) in [6.45, 7) is 1.95. The van der Waals surface area contributed by atoms with Gasteiger partial charge in [-0.15, -0.1) is 0 Å². The maximum absolute atomic E-state index is 5.73. The van der Waals surface area contributed by atoms with Gasteiger partial charge in [0.15, 0.2) is 0 Å². The van der Waals surface area contributed by atoms with Gasteiger partial charge in [-0.2, -0.15) is 0 Å². The molecule has 17 heavy (non-hydrogen) atoms. The highest BCUT2D eigenvalue weighted by molar-refractivity contribution is 5.83. The molecule has 1 heterocycles. The number of rotatable bonds is 3. The van der Waals surface area contributed by atoms with Crippen LogP contribution >= 0.6 is 0 Å². The minimum Gasteiger partial charge on any atom is -0.496 e. The van der Waals surface area contributed by atoms with Crippen LogP contribution in [0, 0.1) is 6.92 Å². The van der Waals surface area contributed by atoms with Gasteiger partial charge >= 0.3 is 0 Å². The van der Waals surface area contributed by atoms with Crippen molar-refractivity contribution in [2.24, 2.45) is 0 Å². The molecule has 2 N–H and O–H groups in total. The molecule has 0 aliphatic heterocycles. The van der Waals surface area contributed by atoms with Crippen LogP contribution in [-0.4, -0.2) is 19.4 Å². The van der Waals surface area contributed by atoms with Gasteiger partial charge in [0.05, 0.1) is 31.5 Å². The molecule has 1 aromatic carbocycles. The van der Waals surface area contributed by atoms with E-state index in [1.54, 1.807) is 20.4 Å². The van der Waals surface area contributed by atoms with Crippen LogP contribution < -0.4 is 15.2 Å². The van der Waals surface area contributed by atoms with Crippen molar-refractivity contribution in [2.75, 3.05) is 20.0 Å². The Balaban J connectivity index is 2.73. The zero-order valence-electron chi connectivity index (χ0n) is 9.98. The monoisotopic (exact) mass is 234 g/mol. The van der Waals surface area contributed by atoms with Crippen LogP contribution in [0.4, 0.5) is 5.88 Å². The van der Waals surface area contributed by atoms with Gasteiger partial charge in [0.1, 0.15) is 11.5 Å². The second-order valence-corrected chi connectivity index (χ2v) is 3.60. The number of methoxy groups -OCH3 is 2. The van der Waals surface area contributed by atoms with E-state index in [0.29, 0.717) is 17.1 Å². The first-order valence-electron chi connectivity index (χ1n) is 5.11. The highest BCUT2D eigenvalue weighted by Gasteiger charge is 2.19. The molecule has 0 fully saturated rings. The SMILES string of the molecule is COc1ccc(C)c(OC)c1-c1cnoc1N. The molecule has 0 saturated carbocycles. The molecular formula is C12H14N2O3. The number of hydrogen-bond acceptors (Lipinski definition) is 5. The molecule has 0 saturated heterocycles. The van der Waals surface area contributed by atoms with E-state index in [9.17, 15) is 0 Å². The van der Waals surface area contributed by atoms with Gasteiger partial charge in [0, 0.05) is 0 Å². The Kier molecular flexibility index (Phi) is 2.91. The summed E-state index contributed by atoms with van der Waals surface area (Å²) < 4.78 is 15.6. The van der Waals surface area contributed by atoms with Crippen molar-refractivity contribution in [3.63, 3.8) is 0 Å². The topological polar surface area (TPSA) is 70.5 Å². The number of ether oxygens (including phenoxy) is 2. The summed E-state index contributed by atoms with van der Waals surface area (Å²) in [5.41, 5.74) is 8.15. The van der Waals surface area contributed by atoms with Crippen LogP contribution in [-0.2, 0) is 0 Å². The summed E-state index contributed by atoms with van der Waals surface area (Å²) in [6, 6.07) is 3.78. The highest BCUT2D eigenvalue weighted by Crippen LogP contribution is 2.42. The molecule has 0 amide bonds. The molecule has 5 nitrogen and oxygen atoms in total. The van der Waals surface area contributed by atoms with Crippen molar-refractivity contribution >= 4 is 5.88 Å². The summed E-state index contributed by atoms with van der Waals surface area (Å²) >= 11 is 0. The number of nitrogens with two attached hydrogens (primary N) is 1. The Morgan fingerprint density at radius 3 is 2.53 bits per heavy atom. The second-order valence-electron chi connectivity index (χ2n) is 3.60. The molecule has 0 bridgehead atoms. The average molecular weight is 234 g/mol. The molecule has 0 radical (unpaired) electrons. The van der Waals surface area contributed by atoms with Gasteiger partial charge < -0.3 is 19.7 Å². The minimum atomic E-state index is 0.243. The van der Waals surface area contributed by atoms with Gasteiger partial charge in [0.25, 0.3) is 0 Å². The van der Waals surface area contributed by atoms with E-state index in [1.807, 2.05) is 19.1 Å². The maximum Gasteiger partial charge on any atom is 0.230 e. The molecule has 5 heteroatoms. The number of benzene rings is 1. The second kappa shape index (κ2) is 4.37. The minimum absolute atomic E-state index is 0.243. The molecule has 90 valence electrons. The van der Waals surface area contributed by atoms with Crippen LogP contribution in [0.2, 0.25) is 0 Å². The van der Waals surface area contributed by atoms with E-state index in [-0.39, 0.29) is 5.88 Å². The lowest BCUT2D eigenvalue weighted by Gasteiger charge is -2.14. The fourth-order valence-electron chi connectivity index (χ4n) is 1.79. The number of anilines is 1. The van der Waals surface area contributed by atoms with E-state index in [0.717, 1.165) is 11.1 Å². The zero-order chi connectivity index (χ0) is 12.4. The maximum atomic E-state index is 5.73. The van der Waals surface area contributed by atoms with E-state index in [2.05, 4.69) is 5.16 Å². The Morgan fingerprint density at radius 1 is 1.24 bits per heavy atom. The molecule has 2 rings (SSSR count). The standard InChI is InChI=1S/C12H14N2O3/c1-7-4-5-9(15-2)10(11(7)16-3)8-6-14-17-12(8)13/h4-6H,13H2,1-3H3. The van der Waals surface area contributed by atoms with Gasteiger partial charge in [-0.1, -0.05) is 11.2 Å². The van der Waals surface area contributed by atoms with E-state index in [4.69, 9.17) is 19.7 Å². The summed E-state index contributed by atoms with van der Waals surface area (Å²) in [5.74, 6) is 1.62. The Hall–Kier alpha value is -2.17. The van der Waals surface area contributed by atoms with Gasteiger partial charge in [-0.3, -0.25) is 0 Å². The lowest BCUT2D eigenvalue weighted by atomic mass is 10.0. The van der Waals surface area contributed by atoms with Gasteiger partial charge in [0.2, 0.25) is 5.88 Å². The third-order valence-corrected chi connectivity index (χ3v) is 2.61. The lowest BCUT2D eigenvalue weighted by molar-refractivity contribution is 0.395. The largest absolute Gasteiger partial charge is 0.496 e. The lowest BCUT2D eigenvalue weighted by Crippen LogP contribution is -1.96. The van der Waals surface area contributed by atoms with Crippen molar-refractivity contribution in [3.8, 4) is 22.6 Å². The number of aryl methyl sites for hydroxylation is 1. The Labute approximate surface area is 99.1 Å². The van der Waals surface area contributed by atoms with Crippen molar-refractivity contribution in [1.82, 2.24) is 5.16 Å². The average Bonchev–Trinajstić information content (AvgIpc) is 2.74. The third kappa shape index (κ3) is 1.80. The number of hydrogen-bond donors (Lipinski definition) is 1. The van der Waals surface area contributed by atoms with Crippen molar-refractivity contribution in [3.05, 3.63) is 23.9 Å². The Bertz CT molecular complexity index is 535. The molecule has 0 spiro atoms. The van der Waals surface area contributed by atoms with Crippen LogP contribution in [0.5, 0.6) is 11.5 Å². The van der Waals surface area contributed by atoms with Crippen molar-refractivity contribution < 1.29 is 14.0 Å². The summed E-state index contributed by atoms with van der Waals surface area (Å²) in [6.07, 6.45) is 1.55.